The Hall–Kier alpha value is -2.04. The molecule has 0 fully saturated rings. The van der Waals surface area contributed by atoms with Crippen LogP contribution < -0.4 is 16.4 Å². The highest BCUT2D eigenvalue weighted by Crippen LogP contribution is 2.18. The number of hydrogen-bond donors (Lipinski definition) is 3. The fraction of sp³-hybridized carbons (Fsp3) is 0.429. The van der Waals surface area contributed by atoms with Crippen molar-refractivity contribution in [2.75, 3.05) is 24.1 Å². The number of anilines is 2. The molecule has 0 aliphatic heterocycles. The van der Waals surface area contributed by atoms with Crippen molar-refractivity contribution in [3.63, 3.8) is 0 Å². The third-order valence-electron chi connectivity index (χ3n) is 2.59. The first-order chi connectivity index (χ1) is 8.90. The summed E-state index contributed by atoms with van der Waals surface area (Å²) in [7, 11) is 0. The fourth-order valence-corrected chi connectivity index (χ4v) is 1.56. The van der Waals surface area contributed by atoms with Gasteiger partial charge in [-0.3, -0.25) is 9.59 Å². The Kier molecular flexibility index (Phi) is 5.36. The molecule has 1 aromatic rings. The van der Waals surface area contributed by atoms with Gasteiger partial charge in [0.25, 0.3) is 0 Å². The number of nitrogens with two attached hydrogens (primary N) is 1. The summed E-state index contributed by atoms with van der Waals surface area (Å²) >= 11 is 0. The maximum Gasteiger partial charge on any atom is 0.239 e. The maximum atomic E-state index is 11.5. The van der Waals surface area contributed by atoms with Crippen LogP contribution in [-0.2, 0) is 4.79 Å². The van der Waals surface area contributed by atoms with E-state index in [1.165, 1.54) is 6.92 Å². The van der Waals surface area contributed by atoms with Crippen LogP contribution in [0.1, 0.15) is 31.1 Å². The van der Waals surface area contributed by atoms with Gasteiger partial charge in [-0.2, -0.15) is 0 Å². The van der Waals surface area contributed by atoms with Crippen LogP contribution in [0, 0.1) is 5.92 Å². The van der Waals surface area contributed by atoms with E-state index < -0.39 is 0 Å². The number of ketones is 1. The average Bonchev–Trinajstić information content (AvgIpc) is 2.33. The van der Waals surface area contributed by atoms with Gasteiger partial charge >= 0.3 is 0 Å². The third kappa shape index (κ3) is 4.99. The van der Waals surface area contributed by atoms with Gasteiger partial charge in [0.1, 0.15) is 0 Å². The number of nitrogen functional groups attached to an aromatic ring is 1. The smallest absolute Gasteiger partial charge is 0.239 e. The third-order valence-corrected chi connectivity index (χ3v) is 2.59. The van der Waals surface area contributed by atoms with Gasteiger partial charge in [-0.05, 0) is 31.0 Å². The van der Waals surface area contributed by atoms with Crippen LogP contribution in [0.5, 0.6) is 0 Å². The van der Waals surface area contributed by atoms with E-state index in [0.717, 1.165) is 5.69 Å². The molecule has 0 saturated heterocycles. The zero-order valence-electron chi connectivity index (χ0n) is 11.6. The molecule has 0 atom stereocenters. The molecular formula is C14H21N3O2. The molecule has 1 amide bonds. The minimum absolute atomic E-state index is 0.0667. The quantitative estimate of drug-likeness (QED) is 0.538. The van der Waals surface area contributed by atoms with Crippen LogP contribution in [0.2, 0.25) is 0 Å². The molecule has 1 aromatic carbocycles. The highest BCUT2D eigenvalue weighted by molar-refractivity contribution is 5.99. The second-order valence-corrected chi connectivity index (χ2v) is 4.91. The van der Waals surface area contributed by atoms with E-state index in [0.29, 0.717) is 23.7 Å². The molecule has 5 nitrogen and oxygen atoms in total. The lowest BCUT2D eigenvalue weighted by Gasteiger charge is -2.10. The standard InChI is InChI=1S/C14H21N3O2/c1-9(2)7-17-14(19)8-16-11-4-5-12(10(3)18)13(15)6-11/h4-6,9,16H,7-8,15H2,1-3H3,(H,17,19). The summed E-state index contributed by atoms with van der Waals surface area (Å²) in [4.78, 5) is 22.7. The molecular weight excluding hydrogens is 242 g/mol. The Morgan fingerprint density at radius 1 is 1.32 bits per heavy atom. The summed E-state index contributed by atoms with van der Waals surface area (Å²) in [6.45, 7) is 6.39. The van der Waals surface area contributed by atoms with Crippen molar-refractivity contribution in [2.24, 2.45) is 5.92 Å². The molecule has 0 heterocycles. The molecule has 4 N–H and O–H groups in total. The Labute approximate surface area is 113 Å². The van der Waals surface area contributed by atoms with E-state index in [4.69, 9.17) is 5.73 Å². The number of rotatable bonds is 6. The Morgan fingerprint density at radius 3 is 2.53 bits per heavy atom. The van der Waals surface area contributed by atoms with E-state index in [2.05, 4.69) is 10.6 Å². The zero-order chi connectivity index (χ0) is 14.4. The average molecular weight is 263 g/mol. The Morgan fingerprint density at radius 2 is 2.00 bits per heavy atom. The van der Waals surface area contributed by atoms with Crippen LogP contribution in [-0.4, -0.2) is 24.8 Å². The zero-order valence-corrected chi connectivity index (χ0v) is 11.6. The fourth-order valence-electron chi connectivity index (χ4n) is 1.56. The summed E-state index contributed by atoms with van der Waals surface area (Å²) in [5, 5.41) is 5.78. The Balaban J connectivity index is 2.52. The molecule has 0 bridgehead atoms. The highest BCUT2D eigenvalue weighted by atomic mass is 16.2. The van der Waals surface area contributed by atoms with Crippen LogP contribution in [0.25, 0.3) is 0 Å². The lowest BCUT2D eigenvalue weighted by atomic mass is 10.1. The molecule has 5 heteroatoms. The van der Waals surface area contributed by atoms with Crippen molar-refractivity contribution in [3.8, 4) is 0 Å². The van der Waals surface area contributed by atoms with E-state index in [-0.39, 0.29) is 18.2 Å². The minimum atomic E-state index is -0.0706. The predicted molar refractivity (Wildman–Crippen MR) is 77.2 cm³/mol. The molecule has 0 spiro atoms. The molecule has 0 saturated carbocycles. The van der Waals surface area contributed by atoms with Crippen LogP contribution >= 0.6 is 0 Å². The van der Waals surface area contributed by atoms with Crippen molar-refractivity contribution >= 4 is 23.1 Å². The van der Waals surface area contributed by atoms with Gasteiger partial charge in [0, 0.05) is 23.5 Å². The van der Waals surface area contributed by atoms with Crippen molar-refractivity contribution in [1.82, 2.24) is 5.32 Å². The lowest BCUT2D eigenvalue weighted by Crippen LogP contribution is -2.32. The lowest BCUT2D eigenvalue weighted by molar-refractivity contribution is -0.119. The normalized spacial score (nSPS) is 10.3. The van der Waals surface area contributed by atoms with E-state index in [1.807, 2.05) is 13.8 Å². The summed E-state index contributed by atoms with van der Waals surface area (Å²) < 4.78 is 0. The van der Waals surface area contributed by atoms with Crippen LogP contribution in [0.3, 0.4) is 0 Å². The number of carbonyl (C=O) groups is 2. The van der Waals surface area contributed by atoms with Gasteiger partial charge in [0.2, 0.25) is 5.91 Å². The van der Waals surface area contributed by atoms with E-state index in [9.17, 15) is 9.59 Å². The van der Waals surface area contributed by atoms with Crippen molar-refractivity contribution in [2.45, 2.75) is 20.8 Å². The van der Waals surface area contributed by atoms with Crippen molar-refractivity contribution in [1.29, 1.82) is 0 Å². The van der Waals surface area contributed by atoms with Gasteiger partial charge < -0.3 is 16.4 Å². The van der Waals surface area contributed by atoms with Gasteiger partial charge in [0.05, 0.1) is 6.54 Å². The largest absolute Gasteiger partial charge is 0.398 e. The van der Waals surface area contributed by atoms with Gasteiger partial charge in [-0.25, -0.2) is 0 Å². The molecule has 0 radical (unpaired) electrons. The first-order valence-corrected chi connectivity index (χ1v) is 6.31. The number of nitrogens with one attached hydrogen (secondary N) is 2. The molecule has 1 rings (SSSR count). The van der Waals surface area contributed by atoms with Gasteiger partial charge in [-0.1, -0.05) is 13.8 Å². The summed E-state index contributed by atoms with van der Waals surface area (Å²) in [6.07, 6.45) is 0. The molecule has 0 aromatic heterocycles. The minimum Gasteiger partial charge on any atom is -0.398 e. The number of carbonyl (C=O) groups excluding carboxylic acids is 2. The molecule has 0 unspecified atom stereocenters. The number of amides is 1. The van der Waals surface area contributed by atoms with Gasteiger partial charge in [0.15, 0.2) is 5.78 Å². The highest BCUT2D eigenvalue weighted by Gasteiger charge is 2.06. The maximum absolute atomic E-state index is 11.5. The first-order valence-electron chi connectivity index (χ1n) is 6.31. The summed E-state index contributed by atoms with van der Waals surface area (Å²) in [5.74, 6) is 0.288. The van der Waals surface area contributed by atoms with Gasteiger partial charge in [-0.15, -0.1) is 0 Å². The molecule has 19 heavy (non-hydrogen) atoms. The predicted octanol–water partition coefficient (Wildman–Crippen LogP) is 1.66. The Bertz CT molecular complexity index is 470. The molecule has 0 aliphatic carbocycles. The molecule has 104 valence electrons. The van der Waals surface area contributed by atoms with E-state index in [1.54, 1.807) is 18.2 Å². The second-order valence-electron chi connectivity index (χ2n) is 4.91. The number of Topliss-reactive ketones (excluding diaryl/α,β-unsaturated/α-hetero) is 1. The topological polar surface area (TPSA) is 84.2 Å². The van der Waals surface area contributed by atoms with Crippen LogP contribution in [0.15, 0.2) is 18.2 Å². The second kappa shape index (κ2) is 6.78. The molecule has 0 aliphatic rings. The van der Waals surface area contributed by atoms with E-state index >= 15 is 0 Å². The van der Waals surface area contributed by atoms with Crippen molar-refractivity contribution in [3.05, 3.63) is 23.8 Å². The monoisotopic (exact) mass is 263 g/mol. The first kappa shape index (κ1) is 15.0. The summed E-state index contributed by atoms with van der Waals surface area (Å²) in [5.41, 5.74) is 7.40. The number of hydrogen-bond acceptors (Lipinski definition) is 4. The number of benzene rings is 1. The summed E-state index contributed by atoms with van der Waals surface area (Å²) in [6, 6.07) is 5.06. The SMILES string of the molecule is CC(=O)c1ccc(NCC(=O)NCC(C)C)cc1N. The van der Waals surface area contributed by atoms with Crippen LogP contribution in [0.4, 0.5) is 11.4 Å². The van der Waals surface area contributed by atoms with Crippen molar-refractivity contribution < 1.29 is 9.59 Å².